The highest BCUT2D eigenvalue weighted by Gasteiger charge is 2.29. The van der Waals surface area contributed by atoms with E-state index in [9.17, 15) is 8.42 Å². The van der Waals surface area contributed by atoms with E-state index in [-0.39, 0.29) is 0 Å². The molecule has 122 valence electrons. The zero-order valence-electron chi connectivity index (χ0n) is 13.5. The van der Waals surface area contributed by atoms with E-state index in [1.807, 2.05) is 31.2 Å². The predicted molar refractivity (Wildman–Crippen MR) is 91.7 cm³/mol. The first kappa shape index (κ1) is 15.9. The Morgan fingerprint density at radius 2 is 1.96 bits per heavy atom. The van der Waals surface area contributed by atoms with E-state index < -0.39 is 10.0 Å². The lowest BCUT2D eigenvalue weighted by atomic mass is 10.0. The van der Waals surface area contributed by atoms with Crippen molar-refractivity contribution in [2.24, 2.45) is 0 Å². The number of benzene rings is 2. The Morgan fingerprint density at radius 3 is 2.70 bits per heavy atom. The van der Waals surface area contributed by atoms with Gasteiger partial charge in [-0.05, 0) is 54.7 Å². The van der Waals surface area contributed by atoms with Crippen LogP contribution in [0.1, 0.15) is 24.5 Å². The third-order valence-electron chi connectivity index (χ3n) is 4.29. The van der Waals surface area contributed by atoms with Crippen LogP contribution in [0.15, 0.2) is 47.4 Å². The number of hydrogen-bond acceptors (Lipinski definition) is 3. The number of sulfonamides is 1. The van der Waals surface area contributed by atoms with Crippen LogP contribution in [-0.4, -0.2) is 22.1 Å². The van der Waals surface area contributed by atoms with Crippen molar-refractivity contribution < 1.29 is 13.2 Å². The minimum atomic E-state index is -3.56. The first-order valence-electron chi connectivity index (χ1n) is 7.85. The maximum Gasteiger partial charge on any atom is 0.264 e. The summed E-state index contributed by atoms with van der Waals surface area (Å²) in [5.74, 6) is 0.727. The molecule has 1 aliphatic heterocycles. The number of fused-ring (bicyclic) bond motifs is 1. The van der Waals surface area contributed by atoms with E-state index in [1.165, 1.54) is 4.31 Å². The van der Waals surface area contributed by atoms with Gasteiger partial charge in [0.15, 0.2) is 0 Å². The molecule has 0 saturated heterocycles. The summed E-state index contributed by atoms with van der Waals surface area (Å²) >= 11 is 0. The molecule has 3 rings (SSSR count). The molecule has 0 fully saturated rings. The summed E-state index contributed by atoms with van der Waals surface area (Å²) in [5, 5.41) is 0. The molecule has 0 atom stereocenters. The second kappa shape index (κ2) is 6.24. The van der Waals surface area contributed by atoms with Crippen molar-refractivity contribution in [1.29, 1.82) is 0 Å². The molecule has 0 aliphatic carbocycles. The first-order valence-corrected chi connectivity index (χ1v) is 9.29. The average molecular weight is 331 g/mol. The van der Waals surface area contributed by atoms with Crippen LogP contribution >= 0.6 is 0 Å². The summed E-state index contributed by atoms with van der Waals surface area (Å²) in [6.07, 6.45) is 2.49. The molecule has 5 heteroatoms. The normalized spacial score (nSPS) is 14.4. The van der Waals surface area contributed by atoms with E-state index in [4.69, 9.17) is 4.74 Å². The predicted octanol–water partition coefficient (Wildman–Crippen LogP) is 3.40. The van der Waals surface area contributed by atoms with Crippen molar-refractivity contribution in [3.63, 3.8) is 0 Å². The van der Waals surface area contributed by atoms with Crippen molar-refractivity contribution in [1.82, 2.24) is 0 Å². The van der Waals surface area contributed by atoms with Gasteiger partial charge in [-0.25, -0.2) is 8.42 Å². The highest BCUT2D eigenvalue weighted by Crippen LogP contribution is 2.33. The van der Waals surface area contributed by atoms with Gasteiger partial charge in [0.25, 0.3) is 10.0 Å². The SMILES string of the molecule is CCc1cc(S(=O)(=O)N2CCCc3ccccc32)ccc1OC. The van der Waals surface area contributed by atoms with Crippen molar-refractivity contribution in [3.8, 4) is 5.75 Å². The summed E-state index contributed by atoms with van der Waals surface area (Å²) < 4.78 is 33.0. The zero-order valence-corrected chi connectivity index (χ0v) is 14.3. The number of rotatable bonds is 4. The zero-order chi connectivity index (χ0) is 16.4. The third kappa shape index (κ3) is 2.81. The molecule has 2 aromatic carbocycles. The molecule has 1 aliphatic rings. The number of aryl methyl sites for hydroxylation is 2. The molecule has 0 spiro atoms. The minimum absolute atomic E-state index is 0.326. The van der Waals surface area contributed by atoms with Crippen molar-refractivity contribution in [2.45, 2.75) is 31.1 Å². The van der Waals surface area contributed by atoms with Gasteiger partial charge >= 0.3 is 0 Å². The van der Waals surface area contributed by atoms with Crippen molar-refractivity contribution >= 4 is 15.7 Å². The van der Waals surface area contributed by atoms with Gasteiger partial charge in [0.2, 0.25) is 0 Å². The maximum absolute atomic E-state index is 13.1. The lowest BCUT2D eigenvalue weighted by Gasteiger charge is -2.30. The van der Waals surface area contributed by atoms with E-state index in [2.05, 4.69) is 0 Å². The average Bonchev–Trinajstić information content (AvgIpc) is 2.60. The van der Waals surface area contributed by atoms with Crippen LogP contribution in [0.4, 0.5) is 5.69 Å². The summed E-state index contributed by atoms with van der Waals surface area (Å²) in [5.41, 5.74) is 2.79. The van der Waals surface area contributed by atoms with Gasteiger partial charge in [-0.3, -0.25) is 4.31 Å². The highest BCUT2D eigenvalue weighted by atomic mass is 32.2. The monoisotopic (exact) mass is 331 g/mol. The molecular weight excluding hydrogens is 310 g/mol. The standard InChI is InChI=1S/C18H21NO3S/c1-3-14-13-16(10-11-18(14)22-2)23(20,21)19-12-6-8-15-7-4-5-9-17(15)19/h4-5,7,9-11,13H,3,6,8,12H2,1-2H3. The van der Waals surface area contributed by atoms with Gasteiger partial charge in [0.05, 0.1) is 17.7 Å². The fourth-order valence-electron chi connectivity index (χ4n) is 3.07. The molecule has 0 bridgehead atoms. The fourth-order valence-corrected chi connectivity index (χ4v) is 4.66. The summed E-state index contributed by atoms with van der Waals surface area (Å²) in [4.78, 5) is 0.326. The molecule has 0 saturated carbocycles. The Hall–Kier alpha value is -2.01. The second-order valence-electron chi connectivity index (χ2n) is 5.64. The Morgan fingerprint density at radius 1 is 1.17 bits per heavy atom. The minimum Gasteiger partial charge on any atom is -0.496 e. The lowest BCUT2D eigenvalue weighted by molar-refractivity contribution is 0.409. The number of methoxy groups -OCH3 is 1. The van der Waals surface area contributed by atoms with Gasteiger partial charge in [-0.2, -0.15) is 0 Å². The van der Waals surface area contributed by atoms with Crippen LogP contribution in [0.2, 0.25) is 0 Å². The van der Waals surface area contributed by atoms with Gasteiger partial charge in [0.1, 0.15) is 5.75 Å². The van der Waals surface area contributed by atoms with Crippen LogP contribution in [0.3, 0.4) is 0 Å². The third-order valence-corrected chi connectivity index (χ3v) is 6.10. The van der Waals surface area contributed by atoms with Gasteiger partial charge in [-0.15, -0.1) is 0 Å². The summed E-state index contributed by atoms with van der Waals surface area (Å²) in [7, 11) is -1.95. The van der Waals surface area contributed by atoms with Gasteiger partial charge < -0.3 is 4.74 Å². The Bertz CT molecular complexity index is 815. The van der Waals surface area contributed by atoms with E-state index in [0.717, 1.165) is 41.8 Å². The molecule has 1 heterocycles. The number of nitrogens with zero attached hydrogens (tertiary/aromatic N) is 1. The van der Waals surface area contributed by atoms with Crippen LogP contribution in [-0.2, 0) is 22.9 Å². The topological polar surface area (TPSA) is 46.6 Å². The molecular formula is C18H21NO3S. The van der Waals surface area contributed by atoms with E-state index >= 15 is 0 Å². The van der Waals surface area contributed by atoms with Crippen LogP contribution in [0.25, 0.3) is 0 Å². The van der Waals surface area contributed by atoms with Gasteiger partial charge in [0, 0.05) is 6.54 Å². The highest BCUT2D eigenvalue weighted by molar-refractivity contribution is 7.92. The number of hydrogen-bond donors (Lipinski definition) is 0. The van der Waals surface area contributed by atoms with Crippen LogP contribution in [0, 0.1) is 0 Å². The Balaban J connectivity index is 2.06. The molecule has 0 N–H and O–H groups in total. The Labute approximate surface area is 137 Å². The number of anilines is 1. The molecule has 0 amide bonds. The summed E-state index contributed by atoms with van der Waals surface area (Å²) in [6, 6.07) is 12.8. The molecule has 0 aromatic heterocycles. The number of ether oxygens (including phenoxy) is 1. The Kier molecular flexibility index (Phi) is 4.31. The first-order chi connectivity index (χ1) is 11.1. The van der Waals surface area contributed by atoms with Crippen LogP contribution < -0.4 is 9.04 Å². The van der Waals surface area contributed by atoms with Crippen molar-refractivity contribution in [3.05, 3.63) is 53.6 Å². The van der Waals surface area contributed by atoms with Gasteiger partial charge in [-0.1, -0.05) is 25.1 Å². The fraction of sp³-hybridized carbons (Fsp3) is 0.333. The molecule has 0 radical (unpaired) electrons. The molecule has 4 nitrogen and oxygen atoms in total. The van der Waals surface area contributed by atoms with Crippen LogP contribution in [0.5, 0.6) is 5.75 Å². The second-order valence-corrected chi connectivity index (χ2v) is 7.50. The van der Waals surface area contributed by atoms with E-state index in [1.54, 1.807) is 25.3 Å². The molecule has 23 heavy (non-hydrogen) atoms. The smallest absolute Gasteiger partial charge is 0.264 e. The molecule has 0 unspecified atom stereocenters. The van der Waals surface area contributed by atoms with E-state index in [0.29, 0.717) is 11.4 Å². The summed E-state index contributed by atoms with van der Waals surface area (Å²) in [6.45, 7) is 2.51. The lowest BCUT2D eigenvalue weighted by Crippen LogP contribution is -2.35. The molecule has 2 aromatic rings. The number of para-hydroxylation sites is 1. The largest absolute Gasteiger partial charge is 0.496 e. The maximum atomic E-state index is 13.1. The van der Waals surface area contributed by atoms with Crippen molar-refractivity contribution in [2.75, 3.05) is 18.0 Å². The quantitative estimate of drug-likeness (QED) is 0.862.